The number of aliphatic imine (C=N–C) groups is 1. The molecule has 3 aromatic rings. The number of aromatic nitrogens is 1. The van der Waals surface area contributed by atoms with Crippen molar-refractivity contribution in [3.63, 3.8) is 0 Å². The quantitative estimate of drug-likeness (QED) is 0.374. The minimum atomic E-state index is 0.128. The number of methoxy groups -OCH3 is 1. The number of fused-ring (bicyclic) bond motifs is 1. The van der Waals surface area contributed by atoms with Crippen LogP contribution in [0.5, 0.6) is 11.5 Å². The number of aromatic amines is 1. The van der Waals surface area contributed by atoms with Gasteiger partial charge in [-0.25, -0.2) is 4.99 Å². The second-order valence-corrected chi connectivity index (χ2v) is 6.69. The molecule has 6 heteroatoms. The first kappa shape index (κ1) is 19.6. The first-order valence-electron chi connectivity index (χ1n) is 9.56. The van der Waals surface area contributed by atoms with Crippen molar-refractivity contribution in [2.75, 3.05) is 20.2 Å². The molecule has 0 aliphatic rings. The molecule has 0 atom stereocenters. The topological polar surface area (TPSA) is 81.7 Å². The van der Waals surface area contributed by atoms with Crippen molar-refractivity contribution in [1.29, 1.82) is 0 Å². The fourth-order valence-electron chi connectivity index (χ4n) is 3.23. The highest BCUT2D eigenvalue weighted by molar-refractivity contribution is 5.86. The lowest BCUT2D eigenvalue weighted by molar-refractivity contribution is 0.373. The van der Waals surface area contributed by atoms with Crippen LogP contribution in [0.15, 0.2) is 47.6 Å². The van der Waals surface area contributed by atoms with E-state index in [0.717, 1.165) is 31.0 Å². The largest absolute Gasteiger partial charge is 0.504 e. The molecule has 1 heterocycles. The van der Waals surface area contributed by atoms with Gasteiger partial charge in [0, 0.05) is 30.2 Å². The summed E-state index contributed by atoms with van der Waals surface area (Å²) in [5.41, 5.74) is 4.68. The maximum atomic E-state index is 9.91. The molecular formula is C22H28N4O2. The van der Waals surface area contributed by atoms with Crippen molar-refractivity contribution in [2.45, 2.75) is 26.8 Å². The summed E-state index contributed by atoms with van der Waals surface area (Å²) in [6.07, 6.45) is 2.99. The monoisotopic (exact) mass is 380 g/mol. The molecule has 0 saturated heterocycles. The van der Waals surface area contributed by atoms with Crippen molar-refractivity contribution in [3.8, 4) is 11.5 Å². The van der Waals surface area contributed by atoms with Crippen LogP contribution in [-0.2, 0) is 13.0 Å². The SMILES string of the molecule is CCNC(=NCc1ccc(OC)c(O)c1)NCCc1c[nH]c2c(C)cccc12. The van der Waals surface area contributed by atoms with Crippen LogP contribution in [-0.4, -0.2) is 36.2 Å². The molecule has 0 fully saturated rings. The number of para-hydroxylation sites is 1. The van der Waals surface area contributed by atoms with Crippen LogP contribution < -0.4 is 15.4 Å². The van der Waals surface area contributed by atoms with Crippen LogP contribution in [0.1, 0.15) is 23.6 Å². The van der Waals surface area contributed by atoms with Gasteiger partial charge >= 0.3 is 0 Å². The molecule has 0 spiro atoms. The third-order valence-corrected chi connectivity index (χ3v) is 4.70. The third-order valence-electron chi connectivity index (χ3n) is 4.70. The van der Waals surface area contributed by atoms with Gasteiger partial charge in [-0.3, -0.25) is 0 Å². The zero-order chi connectivity index (χ0) is 19.9. The predicted molar refractivity (Wildman–Crippen MR) is 114 cm³/mol. The van der Waals surface area contributed by atoms with Gasteiger partial charge in [-0.2, -0.15) is 0 Å². The molecule has 6 nitrogen and oxygen atoms in total. The molecule has 0 bridgehead atoms. The molecule has 1 aromatic heterocycles. The number of hydrogen-bond acceptors (Lipinski definition) is 3. The number of nitrogens with one attached hydrogen (secondary N) is 3. The van der Waals surface area contributed by atoms with E-state index in [2.05, 4.69) is 51.9 Å². The van der Waals surface area contributed by atoms with Crippen molar-refractivity contribution in [2.24, 2.45) is 4.99 Å². The van der Waals surface area contributed by atoms with Crippen molar-refractivity contribution >= 4 is 16.9 Å². The Labute approximate surface area is 165 Å². The zero-order valence-electron chi connectivity index (χ0n) is 16.7. The second-order valence-electron chi connectivity index (χ2n) is 6.69. The van der Waals surface area contributed by atoms with E-state index in [1.54, 1.807) is 12.1 Å². The normalized spacial score (nSPS) is 11.6. The van der Waals surface area contributed by atoms with Gasteiger partial charge in [-0.05, 0) is 49.1 Å². The number of aryl methyl sites for hydroxylation is 1. The lowest BCUT2D eigenvalue weighted by Crippen LogP contribution is -2.38. The van der Waals surface area contributed by atoms with Gasteiger partial charge in [0.25, 0.3) is 0 Å². The molecule has 0 unspecified atom stereocenters. The summed E-state index contributed by atoms with van der Waals surface area (Å²) in [5, 5.41) is 17.8. The van der Waals surface area contributed by atoms with Gasteiger partial charge in [-0.1, -0.05) is 24.3 Å². The molecule has 0 aliphatic carbocycles. The van der Waals surface area contributed by atoms with E-state index in [1.165, 1.54) is 29.1 Å². The van der Waals surface area contributed by atoms with Gasteiger partial charge in [0.1, 0.15) is 0 Å². The second kappa shape index (κ2) is 9.17. The Kier molecular flexibility index (Phi) is 6.42. The summed E-state index contributed by atoms with van der Waals surface area (Å²) in [6.45, 7) is 6.19. The number of hydrogen-bond donors (Lipinski definition) is 4. The highest BCUT2D eigenvalue weighted by Gasteiger charge is 2.06. The molecule has 2 aromatic carbocycles. The van der Waals surface area contributed by atoms with E-state index >= 15 is 0 Å². The average Bonchev–Trinajstić information content (AvgIpc) is 3.11. The van der Waals surface area contributed by atoms with Crippen LogP contribution in [0, 0.1) is 6.92 Å². The number of rotatable bonds is 7. The van der Waals surface area contributed by atoms with Gasteiger partial charge in [0.05, 0.1) is 13.7 Å². The fourth-order valence-corrected chi connectivity index (χ4v) is 3.23. The summed E-state index contributed by atoms with van der Waals surface area (Å²) in [4.78, 5) is 7.98. The lowest BCUT2D eigenvalue weighted by Gasteiger charge is -2.11. The minimum absolute atomic E-state index is 0.128. The van der Waals surface area contributed by atoms with Crippen LogP contribution in [0.4, 0.5) is 0 Å². The van der Waals surface area contributed by atoms with Gasteiger partial charge in [0.15, 0.2) is 17.5 Å². The molecule has 0 radical (unpaired) electrons. The molecule has 3 rings (SSSR count). The molecule has 148 valence electrons. The first-order valence-corrected chi connectivity index (χ1v) is 9.56. The summed E-state index contributed by atoms with van der Waals surface area (Å²) < 4.78 is 5.08. The summed E-state index contributed by atoms with van der Waals surface area (Å²) in [7, 11) is 1.54. The van der Waals surface area contributed by atoms with E-state index in [4.69, 9.17) is 4.74 Å². The number of aromatic hydroxyl groups is 1. The summed E-state index contributed by atoms with van der Waals surface area (Å²) >= 11 is 0. The van der Waals surface area contributed by atoms with E-state index in [0.29, 0.717) is 12.3 Å². The molecule has 4 N–H and O–H groups in total. The fraction of sp³-hybridized carbons (Fsp3) is 0.318. The zero-order valence-corrected chi connectivity index (χ0v) is 16.7. The average molecular weight is 380 g/mol. The van der Waals surface area contributed by atoms with Crippen molar-refractivity contribution in [3.05, 3.63) is 59.3 Å². The first-order chi connectivity index (χ1) is 13.6. The number of guanidine groups is 1. The lowest BCUT2D eigenvalue weighted by atomic mass is 10.1. The van der Waals surface area contributed by atoms with E-state index in [1.807, 2.05) is 13.0 Å². The minimum Gasteiger partial charge on any atom is -0.504 e. The number of phenolic OH excluding ortho intramolecular Hbond substituents is 1. The molecular weight excluding hydrogens is 352 g/mol. The smallest absolute Gasteiger partial charge is 0.191 e. The van der Waals surface area contributed by atoms with Gasteiger partial charge < -0.3 is 25.5 Å². The Balaban J connectivity index is 1.61. The standard InChI is InChI=1S/C22H28N4O2/c1-4-23-22(26-13-16-8-9-20(28-3)19(27)12-16)24-11-10-17-14-25-21-15(2)6-5-7-18(17)21/h5-9,12,14,25,27H,4,10-11,13H2,1-3H3,(H2,23,24,26). The Morgan fingerprint density at radius 3 is 2.82 bits per heavy atom. The highest BCUT2D eigenvalue weighted by atomic mass is 16.5. The van der Waals surface area contributed by atoms with E-state index in [-0.39, 0.29) is 5.75 Å². The Bertz CT molecular complexity index is 962. The maximum Gasteiger partial charge on any atom is 0.191 e. The number of H-pyrrole nitrogens is 1. The molecule has 28 heavy (non-hydrogen) atoms. The van der Waals surface area contributed by atoms with E-state index < -0.39 is 0 Å². The molecule has 0 saturated carbocycles. The van der Waals surface area contributed by atoms with Crippen LogP contribution >= 0.6 is 0 Å². The number of ether oxygens (including phenoxy) is 1. The highest BCUT2D eigenvalue weighted by Crippen LogP contribution is 2.26. The predicted octanol–water partition coefficient (Wildman–Crippen LogP) is 3.49. The van der Waals surface area contributed by atoms with Crippen LogP contribution in [0.3, 0.4) is 0 Å². The maximum absolute atomic E-state index is 9.91. The number of phenols is 1. The molecule has 0 amide bonds. The number of benzene rings is 2. The van der Waals surface area contributed by atoms with E-state index in [9.17, 15) is 5.11 Å². The van der Waals surface area contributed by atoms with Crippen LogP contribution in [0.2, 0.25) is 0 Å². The van der Waals surface area contributed by atoms with Gasteiger partial charge in [0.2, 0.25) is 0 Å². The molecule has 0 aliphatic heterocycles. The van der Waals surface area contributed by atoms with Crippen molar-refractivity contribution in [1.82, 2.24) is 15.6 Å². The van der Waals surface area contributed by atoms with Gasteiger partial charge in [-0.15, -0.1) is 0 Å². The summed E-state index contributed by atoms with van der Waals surface area (Å²) in [6, 6.07) is 11.7. The Morgan fingerprint density at radius 1 is 1.21 bits per heavy atom. The van der Waals surface area contributed by atoms with Crippen LogP contribution in [0.25, 0.3) is 10.9 Å². The summed E-state index contributed by atoms with van der Waals surface area (Å²) in [5.74, 6) is 1.35. The Hall–Kier alpha value is -3.15. The number of nitrogens with zero attached hydrogens (tertiary/aromatic N) is 1. The Morgan fingerprint density at radius 2 is 2.07 bits per heavy atom. The third kappa shape index (κ3) is 4.57. The van der Waals surface area contributed by atoms with Crippen molar-refractivity contribution < 1.29 is 9.84 Å².